The molecule has 0 aromatic carbocycles. The van der Waals surface area contributed by atoms with E-state index in [4.69, 9.17) is 14.2 Å². The Balaban J connectivity index is 4.36. The van der Waals surface area contributed by atoms with Crippen molar-refractivity contribution in [1.82, 2.24) is 0 Å². The molecule has 0 aromatic heterocycles. The summed E-state index contributed by atoms with van der Waals surface area (Å²) >= 11 is 0. The largest absolute Gasteiger partial charge is 0.462 e. The first-order valence-electron chi connectivity index (χ1n) is 33.5. The van der Waals surface area contributed by atoms with Gasteiger partial charge in [-0.15, -0.1) is 0 Å². The van der Waals surface area contributed by atoms with Crippen LogP contribution in [0.1, 0.15) is 284 Å². The van der Waals surface area contributed by atoms with Gasteiger partial charge in [-0.25, -0.2) is 0 Å². The van der Waals surface area contributed by atoms with Gasteiger partial charge in [0.15, 0.2) is 6.10 Å². The van der Waals surface area contributed by atoms with Crippen LogP contribution in [0.15, 0.2) is 158 Å². The quantitative estimate of drug-likeness (QED) is 0.0261. The summed E-state index contributed by atoms with van der Waals surface area (Å²) in [6, 6.07) is 0. The molecule has 0 rings (SSSR count). The van der Waals surface area contributed by atoms with E-state index in [1.54, 1.807) is 0 Å². The number of allylic oxidation sites excluding steroid dienone is 26. The number of carbonyl (C=O) groups excluding carboxylic acids is 3. The fourth-order valence-corrected chi connectivity index (χ4v) is 8.85. The van der Waals surface area contributed by atoms with Gasteiger partial charge in [-0.2, -0.15) is 0 Å². The zero-order valence-corrected chi connectivity index (χ0v) is 52.9. The van der Waals surface area contributed by atoms with Crippen molar-refractivity contribution < 1.29 is 28.6 Å². The molecule has 0 aliphatic heterocycles. The number of esters is 3. The summed E-state index contributed by atoms with van der Waals surface area (Å²) in [4.78, 5) is 38.3. The number of hydrogen-bond acceptors (Lipinski definition) is 6. The van der Waals surface area contributed by atoms with Gasteiger partial charge >= 0.3 is 17.9 Å². The van der Waals surface area contributed by atoms with E-state index in [9.17, 15) is 14.4 Å². The molecule has 6 nitrogen and oxygen atoms in total. The van der Waals surface area contributed by atoms with Gasteiger partial charge in [0.1, 0.15) is 13.2 Å². The van der Waals surface area contributed by atoms with Crippen LogP contribution in [-0.4, -0.2) is 37.2 Å². The molecular weight excluding hydrogens is 1010 g/mol. The summed E-state index contributed by atoms with van der Waals surface area (Å²) < 4.78 is 16.9. The SMILES string of the molecule is CC/C=C\C/C=C\C/C=C\C/C=C\C/C=C\C/C=C\C/C=C\C/C=C\CCCCCCCCCCC(=O)OCC(COC(=O)CCCCCCCCCCCCCCCC)OC(=O)CCC/C=C\C/C=C\C/C=C\C/C=C\C/C=C\CC. The van der Waals surface area contributed by atoms with Crippen LogP contribution in [0.25, 0.3) is 0 Å². The predicted octanol–water partition coefficient (Wildman–Crippen LogP) is 23.3. The van der Waals surface area contributed by atoms with Gasteiger partial charge in [-0.05, 0) is 122 Å². The molecule has 1 unspecified atom stereocenters. The maximum atomic E-state index is 12.9. The Kier molecular flexibility index (Phi) is 64.4. The Morgan fingerprint density at radius 1 is 0.256 bits per heavy atom. The summed E-state index contributed by atoms with van der Waals surface area (Å²) in [5.74, 6) is -0.972. The molecule has 0 fully saturated rings. The maximum absolute atomic E-state index is 12.9. The zero-order valence-electron chi connectivity index (χ0n) is 52.9. The van der Waals surface area contributed by atoms with Crippen molar-refractivity contribution in [1.29, 1.82) is 0 Å². The second-order valence-electron chi connectivity index (χ2n) is 21.6. The van der Waals surface area contributed by atoms with E-state index in [1.165, 1.54) is 103 Å². The number of unbranched alkanes of at least 4 members (excludes halogenated alkanes) is 22. The van der Waals surface area contributed by atoms with Gasteiger partial charge in [0.25, 0.3) is 0 Å². The minimum absolute atomic E-state index is 0.106. The Labute approximate surface area is 505 Å². The van der Waals surface area contributed by atoms with Gasteiger partial charge in [0.05, 0.1) is 0 Å². The average Bonchev–Trinajstić information content (AvgIpc) is 3.47. The standard InChI is InChI=1S/C76H122O6/c1-4-7-10-13-16-19-22-25-28-30-31-32-33-34-35-36-37-38-39-40-41-42-43-44-45-47-48-51-54-57-60-63-66-69-75(78)81-72-73(71-80-74(77)68-65-62-59-56-53-50-27-24-21-18-15-12-9-6-3)82-76(79)70-67-64-61-58-55-52-49-46-29-26-23-20-17-14-11-8-5-2/h7-8,10-11,16-17,19-20,25-26,28-29,31-32,34-35,37-38,40-41,43-44,49,52,58,61,73H,4-6,9,12-15,18,21-24,27,30,33,36,39,42,45-48,50-51,53-57,59-60,62-72H2,1-3H3/b10-7-,11-8-,19-16-,20-17-,28-25-,29-26-,32-31-,35-34-,38-37-,41-40-,44-43-,52-49-,61-58-. The highest BCUT2D eigenvalue weighted by atomic mass is 16.6. The first kappa shape index (κ1) is 77.0. The number of carbonyl (C=O) groups is 3. The van der Waals surface area contributed by atoms with E-state index < -0.39 is 6.10 Å². The van der Waals surface area contributed by atoms with Crippen LogP contribution in [0.5, 0.6) is 0 Å². The van der Waals surface area contributed by atoms with E-state index in [2.05, 4.69) is 179 Å². The van der Waals surface area contributed by atoms with Crippen LogP contribution in [0.3, 0.4) is 0 Å². The molecule has 0 amide bonds. The van der Waals surface area contributed by atoms with Crippen molar-refractivity contribution in [3.8, 4) is 0 Å². The average molecular weight is 1130 g/mol. The minimum atomic E-state index is -0.817. The molecule has 0 radical (unpaired) electrons. The number of rotatable bonds is 59. The van der Waals surface area contributed by atoms with Gasteiger partial charge in [0.2, 0.25) is 0 Å². The highest BCUT2D eigenvalue weighted by molar-refractivity contribution is 5.71. The molecule has 0 bridgehead atoms. The third-order valence-corrected chi connectivity index (χ3v) is 13.8. The lowest BCUT2D eigenvalue weighted by Gasteiger charge is -2.18. The molecule has 0 N–H and O–H groups in total. The summed E-state index contributed by atoms with van der Waals surface area (Å²) in [5.41, 5.74) is 0. The molecule has 0 saturated carbocycles. The van der Waals surface area contributed by atoms with Crippen molar-refractivity contribution in [3.05, 3.63) is 158 Å². The van der Waals surface area contributed by atoms with E-state index >= 15 is 0 Å². The third kappa shape index (κ3) is 65.8. The van der Waals surface area contributed by atoms with Crippen LogP contribution in [0, 0.1) is 0 Å². The Morgan fingerprint density at radius 3 is 0.780 bits per heavy atom. The molecule has 0 aromatic rings. The monoisotopic (exact) mass is 1130 g/mol. The van der Waals surface area contributed by atoms with Crippen molar-refractivity contribution in [2.75, 3.05) is 13.2 Å². The van der Waals surface area contributed by atoms with Crippen LogP contribution >= 0.6 is 0 Å². The predicted molar refractivity (Wildman–Crippen MR) is 357 cm³/mol. The lowest BCUT2D eigenvalue weighted by atomic mass is 10.0. The molecule has 0 aliphatic rings. The highest BCUT2D eigenvalue weighted by Crippen LogP contribution is 2.15. The van der Waals surface area contributed by atoms with Crippen LogP contribution in [0.2, 0.25) is 0 Å². The summed E-state index contributed by atoms with van der Waals surface area (Å²) in [7, 11) is 0. The van der Waals surface area contributed by atoms with Gasteiger partial charge in [0, 0.05) is 19.3 Å². The first-order valence-corrected chi connectivity index (χ1v) is 33.5. The smallest absolute Gasteiger partial charge is 0.306 e. The van der Waals surface area contributed by atoms with Gasteiger partial charge < -0.3 is 14.2 Å². The van der Waals surface area contributed by atoms with Gasteiger partial charge in [-0.3, -0.25) is 14.4 Å². The van der Waals surface area contributed by atoms with E-state index in [0.717, 1.165) is 135 Å². The molecule has 0 heterocycles. The summed E-state index contributed by atoms with van der Waals surface area (Å²) in [5, 5.41) is 0. The fourth-order valence-electron chi connectivity index (χ4n) is 8.85. The zero-order chi connectivity index (χ0) is 59.2. The second kappa shape index (κ2) is 68.5. The topological polar surface area (TPSA) is 78.9 Å². The minimum Gasteiger partial charge on any atom is -0.462 e. The molecule has 0 saturated heterocycles. The Hall–Kier alpha value is -4.97. The van der Waals surface area contributed by atoms with Crippen molar-refractivity contribution >= 4 is 17.9 Å². The van der Waals surface area contributed by atoms with Gasteiger partial charge in [-0.1, -0.05) is 301 Å². The maximum Gasteiger partial charge on any atom is 0.306 e. The normalized spacial score (nSPS) is 13.2. The molecule has 82 heavy (non-hydrogen) atoms. The molecule has 0 spiro atoms. The lowest BCUT2D eigenvalue weighted by Crippen LogP contribution is -2.30. The van der Waals surface area contributed by atoms with E-state index in [1.807, 2.05) is 0 Å². The summed E-state index contributed by atoms with van der Waals surface area (Å²) in [6.45, 7) is 6.37. The van der Waals surface area contributed by atoms with Crippen LogP contribution in [0.4, 0.5) is 0 Å². The Morgan fingerprint density at radius 2 is 0.488 bits per heavy atom. The van der Waals surface area contributed by atoms with Crippen molar-refractivity contribution in [2.45, 2.75) is 290 Å². The number of hydrogen-bond donors (Lipinski definition) is 0. The van der Waals surface area contributed by atoms with Crippen molar-refractivity contribution in [2.24, 2.45) is 0 Å². The van der Waals surface area contributed by atoms with E-state index in [-0.39, 0.29) is 37.5 Å². The fraction of sp³-hybridized carbons (Fsp3) is 0.618. The summed E-state index contributed by atoms with van der Waals surface area (Å²) in [6.07, 6.45) is 99.8. The molecule has 1 atom stereocenters. The number of ether oxygens (including phenoxy) is 3. The second-order valence-corrected chi connectivity index (χ2v) is 21.6. The lowest BCUT2D eigenvalue weighted by molar-refractivity contribution is -0.167. The van der Waals surface area contributed by atoms with E-state index in [0.29, 0.717) is 19.3 Å². The Bertz CT molecular complexity index is 1830. The third-order valence-electron chi connectivity index (χ3n) is 13.8. The highest BCUT2D eigenvalue weighted by Gasteiger charge is 2.19. The molecule has 6 heteroatoms. The first-order chi connectivity index (χ1) is 40.5. The molecular formula is C76H122O6. The van der Waals surface area contributed by atoms with Crippen LogP contribution < -0.4 is 0 Å². The van der Waals surface area contributed by atoms with Crippen molar-refractivity contribution in [3.63, 3.8) is 0 Å². The molecule has 0 aliphatic carbocycles. The molecule has 462 valence electrons. The van der Waals surface area contributed by atoms with Crippen LogP contribution in [-0.2, 0) is 28.6 Å².